The number of rotatable bonds is 4. The van der Waals surface area contributed by atoms with Gasteiger partial charge < -0.3 is 8.37 Å². The fraction of sp³-hybridized carbons (Fsp3) is 0. The van der Waals surface area contributed by atoms with Gasteiger partial charge in [0.1, 0.15) is 0 Å². The molecule has 1 aromatic heterocycles. The van der Waals surface area contributed by atoms with Crippen LogP contribution < -0.4 is 8.37 Å². The molecule has 0 bridgehead atoms. The average Bonchev–Trinajstić information content (AvgIpc) is 2.28. The standard InChI is InChI=1S/C2H2N2O8S3/c5-14(6,7)11-1-3-4-2(13-1)12-15(8,9)10/h(H,5,6,7)(H,8,9,10). The lowest BCUT2D eigenvalue weighted by Crippen LogP contribution is -2.06. The molecule has 10 nitrogen and oxygen atoms in total. The third-order valence-electron chi connectivity index (χ3n) is 0.741. The van der Waals surface area contributed by atoms with Gasteiger partial charge in [0, 0.05) is 0 Å². The van der Waals surface area contributed by atoms with Gasteiger partial charge in [-0.05, 0) is 11.3 Å². The highest BCUT2D eigenvalue weighted by Gasteiger charge is 2.16. The molecule has 15 heavy (non-hydrogen) atoms. The molecule has 0 aliphatic rings. The molecule has 1 rings (SSSR count). The molecule has 0 spiro atoms. The zero-order chi connectivity index (χ0) is 11.7. The van der Waals surface area contributed by atoms with Gasteiger partial charge in [-0.15, -0.1) is 0 Å². The fourth-order valence-electron chi connectivity index (χ4n) is 0.445. The highest BCUT2D eigenvalue weighted by molar-refractivity contribution is 7.81. The second kappa shape index (κ2) is 3.86. The molecule has 0 aliphatic heterocycles. The summed E-state index contributed by atoms with van der Waals surface area (Å²) in [4.78, 5) is 0. The van der Waals surface area contributed by atoms with Crippen molar-refractivity contribution in [3.8, 4) is 10.4 Å². The normalized spacial score (nSPS) is 12.4. The Hall–Kier alpha value is -1.02. The molecule has 0 atom stereocenters. The van der Waals surface area contributed by atoms with Crippen LogP contribution in [0.3, 0.4) is 0 Å². The summed E-state index contributed by atoms with van der Waals surface area (Å²) < 4.78 is 64.6. The number of aromatic nitrogens is 2. The van der Waals surface area contributed by atoms with Crippen LogP contribution in [0.2, 0.25) is 0 Å². The van der Waals surface area contributed by atoms with Crippen LogP contribution in [-0.2, 0) is 20.8 Å². The summed E-state index contributed by atoms with van der Waals surface area (Å²) in [5, 5.41) is 4.64. The van der Waals surface area contributed by atoms with Gasteiger partial charge in [0.05, 0.1) is 0 Å². The SMILES string of the molecule is O=S(=O)(O)Oc1nnc(OS(=O)(=O)O)s1. The topological polar surface area (TPSA) is 153 Å². The maximum absolute atomic E-state index is 10.2. The zero-order valence-corrected chi connectivity index (χ0v) is 8.91. The number of hydrogen-bond donors (Lipinski definition) is 2. The largest absolute Gasteiger partial charge is 0.448 e. The maximum Gasteiger partial charge on any atom is 0.448 e. The highest BCUT2D eigenvalue weighted by atomic mass is 32.3. The Morgan fingerprint density at radius 3 is 1.53 bits per heavy atom. The molecular formula is C2H2N2O8S3. The minimum Gasteiger partial charge on any atom is -0.329 e. The number of hydrogen-bond acceptors (Lipinski definition) is 9. The lowest BCUT2D eigenvalue weighted by atomic mass is 11.4. The zero-order valence-electron chi connectivity index (χ0n) is 6.46. The quantitative estimate of drug-likeness (QED) is 0.648. The van der Waals surface area contributed by atoms with Crippen molar-refractivity contribution in [1.29, 1.82) is 0 Å². The van der Waals surface area contributed by atoms with Crippen LogP contribution in [0.15, 0.2) is 0 Å². The molecule has 1 aromatic rings. The second-order valence-corrected chi connectivity index (χ2v) is 4.80. The first-order valence-corrected chi connectivity index (χ1v) is 6.38. The molecule has 2 N–H and O–H groups in total. The molecule has 0 unspecified atom stereocenters. The van der Waals surface area contributed by atoms with Crippen molar-refractivity contribution in [3.63, 3.8) is 0 Å². The Morgan fingerprint density at radius 1 is 0.933 bits per heavy atom. The van der Waals surface area contributed by atoms with Gasteiger partial charge in [-0.1, -0.05) is 10.2 Å². The van der Waals surface area contributed by atoms with Crippen molar-refractivity contribution >= 4 is 32.1 Å². The van der Waals surface area contributed by atoms with Gasteiger partial charge in [-0.2, -0.15) is 16.8 Å². The summed E-state index contributed by atoms with van der Waals surface area (Å²) in [5.74, 6) is 0. The molecule has 86 valence electrons. The van der Waals surface area contributed by atoms with Crippen LogP contribution in [0.1, 0.15) is 0 Å². The first-order chi connectivity index (χ1) is 6.66. The molecule has 0 fully saturated rings. The van der Waals surface area contributed by atoms with E-state index in [4.69, 9.17) is 9.11 Å². The average molecular weight is 278 g/mol. The third-order valence-corrected chi connectivity index (χ3v) is 2.37. The first kappa shape index (κ1) is 12.1. The van der Waals surface area contributed by atoms with E-state index in [1.807, 2.05) is 0 Å². The van der Waals surface area contributed by atoms with Gasteiger partial charge in [0.15, 0.2) is 0 Å². The maximum atomic E-state index is 10.2. The summed E-state index contributed by atoms with van der Waals surface area (Å²) in [6.07, 6.45) is 0. The van der Waals surface area contributed by atoms with Crippen molar-refractivity contribution < 1.29 is 34.3 Å². The van der Waals surface area contributed by atoms with E-state index in [1.54, 1.807) is 0 Å². The molecule has 0 aromatic carbocycles. The van der Waals surface area contributed by atoms with Crippen LogP contribution >= 0.6 is 11.3 Å². The van der Waals surface area contributed by atoms with Crippen molar-refractivity contribution in [2.75, 3.05) is 0 Å². The van der Waals surface area contributed by atoms with Crippen LogP contribution in [-0.4, -0.2) is 36.1 Å². The van der Waals surface area contributed by atoms with Crippen molar-refractivity contribution in [2.24, 2.45) is 0 Å². The Bertz CT molecular complexity index is 492. The summed E-state index contributed by atoms with van der Waals surface area (Å²) >= 11 is 0.242. The van der Waals surface area contributed by atoms with Gasteiger partial charge in [0.25, 0.3) is 0 Å². The van der Waals surface area contributed by atoms with Gasteiger partial charge in [0.2, 0.25) is 0 Å². The van der Waals surface area contributed by atoms with Crippen molar-refractivity contribution in [2.45, 2.75) is 0 Å². The van der Waals surface area contributed by atoms with E-state index in [0.29, 0.717) is 0 Å². The van der Waals surface area contributed by atoms with Crippen LogP contribution in [0.4, 0.5) is 0 Å². The lowest BCUT2D eigenvalue weighted by Gasteiger charge is -1.92. The Morgan fingerprint density at radius 2 is 1.27 bits per heavy atom. The molecule has 13 heteroatoms. The minimum absolute atomic E-state index is 0.242. The van der Waals surface area contributed by atoms with E-state index < -0.39 is 31.2 Å². The highest BCUT2D eigenvalue weighted by Crippen LogP contribution is 2.25. The van der Waals surface area contributed by atoms with E-state index >= 15 is 0 Å². The van der Waals surface area contributed by atoms with Crippen molar-refractivity contribution in [3.05, 3.63) is 0 Å². The van der Waals surface area contributed by atoms with Crippen LogP contribution in [0, 0.1) is 0 Å². The summed E-state index contributed by atoms with van der Waals surface area (Å²) in [5.41, 5.74) is 0. The molecule has 0 radical (unpaired) electrons. The molecule has 0 saturated carbocycles. The first-order valence-electron chi connectivity index (χ1n) is 2.83. The van der Waals surface area contributed by atoms with Gasteiger partial charge in [-0.3, -0.25) is 9.11 Å². The Kier molecular flexibility index (Phi) is 3.10. The Labute approximate surface area is 87.4 Å². The summed E-state index contributed by atoms with van der Waals surface area (Å²) in [6, 6.07) is 0. The summed E-state index contributed by atoms with van der Waals surface area (Å²) in [6.45, 7) is 0. The third kappa shape index (κ3) is 4.84. The van der Waals surface area contributed by atoms with Crippen LogP contribution in [0.25, 0.3) is 0 Å². The fourth-order valence-corrected chi connectivity index (χ4v) is 1.97. The summed E-state index contributed by atoms with van der Waals surface area (Å²) in [7, 11) is -9.53. The van der Waals surface area contributed by atoms with Gasteiger partial charge in [-0.25, -0.2) is 0 Å². The second-order valence-electron chi connectivity index (χ2n) is 1.86. The molecule has 1 heterocycles. The molecule has 0 saturated heterocycles. The molecule has 0 amide bonds. The Balaban J connectivity index is 2.82. The predicted octanol–water partition coefficient (Wildman–Crippen LogP) is -1.10. The minimum atomic E-state index is -4.77. The van der Waals surface area contributed by atoms with E-state index in [9.17, 15) is 16.8 Å². The lowest BCUT2D eigenvalue weighted by molar-refractivity contribution is 0.379. The predicted molar refractivity (Wildman–Crippen MR) is 44.3 cm³/mol. The van der Waals surface area contributed by atoms with E-state index in [0.717, 1.165) is 0 Å². The smallest absolute Gasteiger partial charge is 0.329 e. The van der Waals surface area contributed by atoms with E-state index in [2.05, 4.69) is 18.6 Å². The van der Waals surface area contributed by atoms with E-state index in [1.165, 1.54) is 0 Å². The van der Waals surface area contributed by atoms with Gasteiger partial charge >= 0.3 is 31.2 Å². The van der Waals surface area contributed by atoms with Crippen LogP contribution in [0.5, 0.6) is 10.4 Å². The van der Waals surface area contributed by atoms with E-state index in [-0.39, 0.29) is 11.3 Å². The monoisotopic (exact) mass is 278 g/mol. The van der Waals surface area contributed by atoms with Crippen molar-refractivity contribution in [1.82, 2.24) is 10.2 Å². The molecular weight excluding hydrogens is 276 g/mol. The molecule has 0 aliphatic carbocycles. The number of nitrogens with zero attached hydrogens (tertiary/aromatic N) is 2.